The first-order valence-corrected chi connectivity index (χ1v) is 9.59. The van der Waals surface area contributed by atoms with Crippen molar-refractivity contribution in [1.29, 1.82) is 0 Å². The monoisotopic (exact) mass is 354 g/mol. The molecule has 1 aromatic heterocycles. The third-order valence-electron chi connectivity index (χ3n) is 5.57. The van der Waals surface area contributed by atoms with Gasteiger partial charge in [0, 0.05) is 31.1 Å². The summed E-state index contributed by atoms with van der Waals surface area (Å²) in [5.41, 5.74) is 1.46. The normalized spacial score (nSPS) is 20.1. The van der Waals surface area contributed by atoms with E-state index in [1.165, 1.54) is 19.3 Å². The molecule has 2 aliphatic rings. The summed E-state index contributed by atoms with van der Waals surface area (Å²) in [4.78, 5) is 19.9. The largest absolute Gasteiger partial charge is 0.481 e. The molecule has 0 spiro atoms. The molecule has 1 atom stereocenters. The maximum atomic E-state index is 13.5. The van der Waals surface area contributed by atoms with Gasteiger partial charge in [-0.2, -0.15) is 0 Å². The van der Waals surface area contributed by atoms with Crippen LogP contribution >= 0.6 is 0 Å². The summed E-state index contributed by atoms with van der Waals surface area (Å²) < 4.78 is 11.1. The Balaban J connectivity index is 1.66. The van der Waals surface area contributed by atoms with Gasteiger partial charge < -0.3 is 14.4 Å². The number of para-hydroxylation sites is 1. The van der Waals surface area contributed by atoms with Crippen molar-refractivity contribution in [2.24, 2.45) is 5.92 Å². The van der Waals surface area contributed by atoms with Gasteiger partial charge in [-0.1, -0.05) is 24.6 Å². The van der Waals surface area contributed by atoms with Crippen LogP contribution in [0.4, 0.5) is 0 Å². The number of ether oxygens (including phenoxy) is 2. The number of fused-ring (bicyclic) bond motifs is 1. The predicted molar refractivity (Wildman–Crippen MR) is 101 cm³/mol. The number of amides is 1. The zero-order chi connectivity index (χ0) is 17.9. The summed E-state index contributed by atoms with van der Waals surface area (Å²) in [6.07, 6.45) is 6.00. The summed E-state index contributed by atoms with van der Waals surface area (Å²) in [6, 6.07) is 9.53. The third kappa shape index (κ3) is 3.54. The average Bonchev–Trinajstić information content (AvgIpc) is 3.15. The quantitative estimate of drug-likeness (QED) is 0.794. The highest BCUT2D eigenvalue weighted by Gasteiger charge is 2.29. The van der Waals surface area contributed by atoms with Gasteiger partial charge in [-0.25, -0.2) is 4.98 Å². The summed E-state index contributed by atoms with van der Waals surface area (Å²) in [5, 5.41) is 0.879. The summed E-state index contributed by atoms with van der Waals surface area (Å²) in [7, 11) is 1.59. The van der Waals surface area contributed by atoms with E-state index in [1.807, 2.05) is 29.2 Å². The van der Waals surface area contributed by atoms with Crippen LogP contribution < -0.4 is 4.74 Å². The lowest BCUT2D eigenvalue weighted by atomic mass is 9.85. The van der Waals surface area contributed by atoms with Gasteiger partial charge in [0.2, 0.25) is 5.88 Å². The molecule has 0 radical (unpaired) electrons. The molecule has 1 saturated carbocycles. The maximum absolute atomic E-state index is 13.5. The summed E-state index contributed by atoms with van der Waals surface area (Å²) >= 11 is 0. The van der Waals surface area contributed by atoms with Crippen molar-refractivity contribution >= 4 is 16.8 Å². The van der Waals surface area contributed by atoms with E-state index in [-0.39, 0.29) is 12.0 Å². The molecule has 5 nitrogen and oxygen atoms in total. The van der Waals surface area contributed by atoms with Crippen LogP contribution in [0.3, 0.4) is 0 Å². The average molecular weight is 354 g/mol. The van der Waals surface area contributed by atoms with E-state index in [1.54, 1.807) is 13.2 Å². The van der Waals surface area contributed by atoms with Crippen LogP contribution in [0.2, 0.25) is 0 Å². The number of methoxy groups -OCH3 is 1. The van der Waals surface area contributed by atoms with E-state index < -0.39 is 0 Å². The molecule has 1 amide bonds. The number of rotatable bonds is 6. The maximum Gasteiger partial charge on any atom is 0.254 e. The molecule has 2 aromatic rings. The first-order valence-electron chi connectivity index (χ1n) is 9.59. The highest BCUT2D eigenvalue weighted by Crippen LogP contribution is 2.30. The lowest BCUT2D eigenvalue weighted by Gasteiger charge is -2.34. The van der Waals surface area contributed by atoms with Crippen LogP contribution in [0.1, 0.15) is 42.5 Å². The van der Waals surface area contributed by atoms with Gasteiger partial charge in [-0.15, -0.1) is 0 Å². The van der Waals surface area contributed by atoms with Gasteiger partial charge in [0.05, 0.1) is 24.3 Å². The van der Waals surface area contributed by atoms with Crippen molar-refractivity contribution in [2.75, 3.05) is 26.8 Å². The van der Waals surface area contributed by atoms with Crippen molar-refractivity contribution in [3.05, 3.63) is 35.9 Å². The molecule has 1 aliphatic carbocycles. The zero-order valence-corrected chi connectivity index (χ0v) is 15.3. The molecule has 2 fully saturated rings. The number of carbonyl (C=O) groups is 1. The standard InChI is InChI=1S/C21H26N2O3/c1-25-20-12-18(17-9-2-3-10-19(17)22-20)21(24)23(13-15-6-4-7-15)14-16-8-5-11-26-16/h2-3,9-10,12,15-16H,4-8,11,13-14H2,1H3. The first-order chi connectivity index (χ1) is 12.7. The molecule has 2 heterocycles. The number of hydrogen-bond acceptors (Lipinski definition) is 4. The smallest absolute Gasteiger partial charge is 0.254 e. The molecule has 4 rings (SSSR count). The lowest BCUT2D eigenvalue weighted by molar-refractivity contribution is 0.0449. The number of nitrogens with zero attached hydrogens (tertiary/aromatic N) is 2. The number of pyridine rings is 1. The molecule has 26 heavy (non-hydrogen) atoms. The molecular formula is C21H26N2O3. The minimum absolute atomic E-state index is 0.0595. The molecule has 1 aliphatic heterocycles. The van der Waals surface area contributed by atoms with Crippen LogP contribution in [0.5, 0.6) is 5.88 Å². The van der Waals surface area contributed by atoms with Gasteiger partial charge in [0.25, 0.3) is 5.91 Å². The van der Waals surface area contributed by atoms with Crippen LogP contribution in [-0.4, -0.2) is 48.7 Å². The Morgan fingerprint density at radius 2 is 2.08 bits per heavy atom. The third-order valence-corrected chi connectivity index (χ3v) is 5.57. The second kappa shape index (κ2) is 7.62. The van der Waals surface area contributed by atoms with Crippen LogP contribution in [-0.2, 0) is 4.74 Å². The Morgan fingerprint density at radius 3 is 2.77 bits per heavy atom. The molecule has 0 bridgehead atoms. The summed E-state index contributed by atoms with van der Waals surface area (Å²) in [6.45, 7) is 2.30. The van der Waals surface area contributed by atoms with Crippen molar-refractivity contribution in [3.8, 4) is 5.88 Å². The van der Waals surface area contributed by atoms with E-state index in [9.17, 15) is 4.79 Å². The Kier molecular flexibility index (Phi) is 5.07. The van der Waals surface area contributed by atoms with Crippen LogP contribution in [0.25, 0.3) is 10.9 Å². The Hall–Kier alpha value is -2.14. The highest BCUT2D eigenvalue weighted by atomic mass is 16.5. The fourth-order valence-corrected chi connectivity index (χ4v) is 3.86. The first kappa shape index (κ1) is 17.3. The minimum atomic E-state index is 0.0595. The van der Waals surface area contributed by atoms with Gasteiger partial charge in [-0.3, -0.25) is 4.79 Å². The van der Waals surface area contributed by atoms with Gasteiger partial charge >= 0.3 is 0 Å². The SMILES string of the molecule is COc1cc(C(=O)N(CC2CCC2)CC2CCCO2)c2ccccc2n1. The van der Waals surface area contributed by atoms with E-state index >= 15 is 0 Å². The van der Waals surface area contributed by atoms with E-state index in [0.29, 0.717) is 23.9 Å². The lowest BCUT2D eigenvalue weighted by Crippen LogP contribution is -2.42. The van der Waals surface area contributed by atoms with Crippen molar-refractivity contribution in [2.45, 2.75) is 38.2 Å². The van der Waals surface area contributed by atoms with Gasteiger partial charge in [-0.05, 0) is 37.7 Å². The fraction of sp³-hybridized carbons (Fsp3) is 0.524. The molecule has 0 N–H and O–H groups in total. The van der Waals surface area contributed by atoms with Gasteiger partial charge in [0.15, 0.2) is 0 Å². The second-order valence-corrected chi connectivity index (χ2v) is 7.37. The van der Waals surface area contributed by atoms with E-state index in [0.717, 1.165) is 36.9 Å². The fourth-order valence-electron chi connectivity index (χ4n) is 3.86. The van der Waals surface area contributed by atoms with Crippen molar-refractivity contribution < 1.29 is 14.3 Å². The zero-order valence-electron chi connectivity index (χ0n) is 15.3. The molecule has 1 unspecified atom stereocenters. The number of carbonyl (C=O) groups excluding carboxylic acids is 1. The topological polar surface area (TPSA) is 51.7 Å². The molecule has 1 saturated heterocycles. The Morgan fingerprint density at radius 1 is 1.23 bits per heavy atom. The van der Waals surface area contributed by atoms with Crippen LogP contribution in [0, 0.1) is 5.92 Å². The van der Waals surface area contributed by atoms with E-state index in [4.69, 9.17) is 9.47 Å². The number of aromatic nitrogens is 1. The Bertz CT molecular complexity index is 782. The van der Waals surface area contributed by atoms with Crippen LogP contribution in [0.15, 0.2) is 30.3 Å². The number of hydrogen-bond donors (Lipinski definition) is 0. The highest BCUT2D eigenvalue weighted by molar-refractivity contribution is 6.06. The van der Waals surface area contributed by atoms with E-state index in [2.05, 4.69) is 4.98 Å². The molecular weight excluding hydrogens is 328 g/mol. The molecule has 5 heteroatoms. The minimum Gasteiger partial charge on any atom is -0.481 e. The summed E-state index contributed by atoms with van der Waals surface area (Å²) in [5.74, 6) is 1.16. The van der Waals surface area contributed by atoms with Crippen molar-refractivity contribution in [3.63, 3.8) is 0 Å². The van der Waals surface area contributed by atoms with Gasteiger partial charge in [0.1, 0.15) is 0 Å². The van der Waals surface area contributed by atoms with Crippen molar-refractivity contribution in [1.82, 2.24) is 9.88 Å². The molecule has 1 aromatic carbocycles. The Labute approximate surface area is 154 Å². The number of benzene rings is 1. The molecule has 138 valence electrons. The predicted octanol–water partition coefficient (Wildman–Crippen LogP) is 3.66. The second-order valence-electron chi connectivity index (χ2n) is 7.37.